The quantitative estimate of drug-likeness (QED) is 0.396. The SMILES string of the molecule is O=C(CS(=O)[O-])OOC1CCCCC1. The minimum Gasteiger partial charge on any atom is -0.772 e. The van der Waals surface area contributed by atoms with Gasteiger partial charge < -0.3 is 4.55 Å². The van der Waals surface area contributed by atoms with E-state index < -0.39 is 22.8 Å². The van der Waals surface area contributed by atoms with E-state index in [1.165, 1.54) is 6.42 Å². The predicted molar refractivity (Wildman–Crippen MR) is 47.8 cm³/mol. The fourth-order valence-corrected chi connectivity index (χ4v) is 1.64. The lowest BCUT2D eigenvalue weighted by molar-refractivity contribution is -0.299. The Labute approximate surface area is 85.0 Å². The summed E-state index contributed by atoms with van der Waals surface area (Å²) in [5.41, 5.74) is 0. The standard InChI is InChI=1S/C8H14O5S/c9-8(6-14(10)11)13-12-7-4-2-1-3-5-7/h7H,1-6H2,(H,10,11)/p-1. The van der Waals surface area contributed by atoms with Gasteiger partial charge in [-0.1, -0.05) is 19.3 Å². The Kier molecular flexibility index (Phi) is 5.06. The third-order valence-electron chi connectivity index (χ3n) is 2.07. The maximum Gasteiger partial charge on any atom is 0.353 e. The maximum absolute atomic E-state index is 10.8. The first-order valence-electron chi connectivity index (χ1n) is 4.60. The summed E-state index contributed by atoms with van der Waals surface area (Å²) >= 11 is -2.41. The van der Waals surface area contributed by atoms with Gasteiger partial charge in [0.2, 0.25) is 0 Å². The molecule has 0 aliphatic heterocycles. The van der Waals surface area contributed by atoms with Crippen molar-refractivity contribution >= 4 is 17.0 Å². The van der Waals surface area contributed by atoms with Crippen LogP contribution in [0.3, 0.4) is 0 Å². The van der Waals surface area contributed by atoms with Crippen LogP contribution in [0, 0.1) is 0 Å². The van der Waals surface area contributed by atoms with Crippen molar-refractivity contribution in [1.82, 2.24) is 0 Å². The zero-order valence-corrected chi connectivity index (χ0v) is 8.59. The van der Waals surface area contributed by atoms with Gasteiger partial charge in [-0.3, -0.25) is 9.10 Å². The van der Waals surface area contributed by atoms with Crippen molar-refractivity contribution in [3.8, 4) is 0 Å². The van der Waals surface area contributed by atoms with Crippen molar-refractivity contribution in [2.24, 2.45) is 0 Å². The maximum atomic E-state index is 10.8. The Hall–Kier alpha value is -0.460. The zero-order valence-electron chi connectivity index (χ0n) is 7.77. The molecule has 1 atom stereocenters. The number of carbonyl (C=O) groups excluding carboxylic acids is 1. The first-order chi connectivity index (χ1) is 6.68. The predicted octanol–water partition coefficient (Wildman–Crippen LogP) is 0.673. The minimum absolute atomic E-state index is 0.0622. The van der Waals surface area contributed by atoms with Crippen molar-refractivity contribution in [2.75, 3.05) is 5.75 Å². The average molecular weight is 221 g/mol. The highest BCUT2D eigenvalue weighted by Gasteiger charge is 2.16. The molecule has 0 spiro atoms. The normalized spacial score (nSPS) is 20.4. The molecule has 0 aromatic heterocycles. The van der Waals surface area contributed by atoms with Crippen molar-refractivity contribution < 1.29 is 23.3 Å². The van der Waals surface area contributed by atoms with E-state index in [1.807, 2.05) is 0 Å². The molecular formula is C8H13O5S-. The van der Waals surface area contributed by atoms with Crippen LogP contribution in [-0.2, 0) is 25.7 Å². The van der Waals surface area contributed by atoms with E-state index in [4.69, 9.17) is 4.89 Å². The summed E-state index contributed by atoms with van der Waals surface area (Å²) < 4.78 is 20.2. The third-order valence-corrected chi connectivity index (χ3v) is 2.54. The van der Waals surface area contributed by atoms with Crippen LogP contribution >= 0.6 is 0 Å². The van der Waals surface area contributed by atoms with Crippen LogP contribution < -0.4 is 0 Å². The van der Waals surface area contributed by atoms with Crippen molar-refractivity contribution in [3.05, 3.63) is 0 Å². The van der Waals surface area contributed by atoms with Crippen LogP contribution in [0.5, 0.6) is 0 Å². The fourth-order valence-electron chi connectivity index (χ4n) is 1.40. The topological polar surface area (TPSA) is 75.7 Å². The van der Waals surface area contributed by atoms with Crippen LogP contribution in [0.15, 0.2) is 0 Å². The fraction of sp³-hybridized carbons (Fsp3) is 0.875. The molecule has 1 aliphatic carbocycles. The summed E-state index contributed by atoms with van der Waals surface area (Å²) in [6, 6.07) is 0. The average Bonchev–Trinajstić information content (AvgIpc) is 2.15. The second-order valence-electron chi connectivity index (χ2n) is 3.26. The minimum atomic E-state index is -2.41. The third kappa shape index (κ3) is 4.69. The molecule has 1 unspecified atom stereocenters. The van der Waals surface area contributed by atoms with Gasteiger partial charge in [0.15, 0.2) is 0 Å². The van der Waals surface area contributed by atoms with Crippen LogP contribution in [0.2, 0.25) is 0 Å². The lowest BCUT2D eigenvalue weighted by atomic mass is 9.98. The van der Waals surface area contributed by atoms with Crippen molar-refractivity contribution in [2.45, 2.75) is 38.2 Å². The second kappa shape index (κ2) is 6.10. The Morgan fingerprint density at radius 3 is 2.57 bits per heavy atom. The molecule has 6 heteroatoms. The van der Waals surface area contributed by atoms with E-state index >= 15 is 0 Å². The molecule has 14 heavy (non-hydrogen) atoms. The van der Waals surface area contributed by atoms with Crippen molar-refractivity contribution in [1.29, 1.82) is 0 Å². The lowest BCUT2D eigenvalue weighted by Gasteiger charge is -2.19. The molecule has 0 bridgehead atoms. The molecule has 5 nitrogen and oxygen atoms in total. The number of carbonyl (C=O) groups is 1. The molecule has 1 fully saturated rings. The van der Waals surface area contributed by atoms with E-state index in [0.29, 0.717) is 0 Å². The Bertz CT molecular complexity index is 212. The first-order valence-corrected chi connectivity index (χ1v) is 5.85. The molecule has 0 aromatic rings. The Balaban J connectivity index is 2.12. The molecule has 1 rings (SSSR count). The highest BCUT2D eigenvalue weighted by Crippen LogP contribution is 2.20. The smallest absolute Gasteiger partial charge is 0.353 e. The van der Waals surface area contributed by atoms with Crippen molar-refractivity contribution in [3.63, 3.8) is 0 Å². The molecule has 0 heterocycles. The molecule has 0 amide bonds. The Morgan fingerprint density at radius 2 is 2.00 bits per heavy atom. The first kappa shape index (κ1) is 11.6. The van der Waals surface area contributed by atoms with Crippen LogP contribution in [0.4, 0.5) is 0 Å². The van der Waals surface area contributed by atoms with E-state index in [-0.39, 0.29) is 6.10 Å². The van der Waals surface area contributed by atoms with Gasteiger partial charge in [-0.2, -0.15) is 4.89 Å². The summed E-state index contributed by atoms with van der Waals surface area (Å²) in [5, 5.41) is 0. The van der Waals surface area contributed by atoms with Gasteiger partial charge in [-0.05, 0) is 23.9 Å². The largest absolute Gasteiger partial charge is 0.772 e. The van der Waals surface area contributed by atoms with Gasteiger partial charge >= 0.3 is 5.97 Å². The van der Waals surface area contributed by atoms with Crippen LogP contribution in [0.25, 0.3) is 0 Å². The van der Waals surface area contributed by atoms with E-state index in [0.717, 1.165) is 25.7 Å². The molecule has 0 radical (unpaired) electrons. The summed E-state index contributed by atoms with van der Waals surface area (Å²) in [6.07, 6.45) is 4.98. The van der Waals surface area contributed by atoms with Gasteiger partial charge in [0.05, 0.1) is 0 Å². The molecule has 1 saturated carbocycles. The molecular weight excluding hydrogens is 208 g/mol. The number of rotatable bonds is 4. The molecule has 82 valence electrons. The van der Waals surface area contributed by atoms with Gasteiger partial charge in [0.25, 0.3) is 0 Å². The highest BCUT2D eigenvalue weighted by molar-refractivity contribution is 7.79. The molecule has 1 aliphatic rings. The number of hydrogen-bond acceptors (Lipinski definition) is 5. The highest BCUT2D eigenvalue weighted by atomic mass is 32.2. The number of hydrogen-bond donors (Lipinski definition) is 0. The van der Waals surface area contributed by atoms with Gasteiger partial charge in [0.1, 0.15) is 11.9 Å². The summed E-state index contributed by atoms with van der Waals surface area (Å²) in [5.74, 6) is -1.50. The lowest BCUT2D eigenvalue weighted by Crippen LogP contribution is -2.21. The molecule has 0 N–H and O–H groups in total. The van der Waals surface area contributed by atoms with E-state index in [2.05, 4.69) is 4.89 Å². The summed E-state index contributed by atoms with van der Waals surface area (Å²) in [6.45, 7) is 0. The van der Waals surface area contributed by atoms with Gasteiger partial charge in [-0.25, -0.2) is 4.79 Å². The summed E-state index contributed by atoms with van der Waals surface area (Å²) in [4.78, 5) is 19.9. The monoisotopic (exact) mass is 221 g/mol. The molecule has 0 aromatic carbocycles. The van der Waals surface area contributed by atoms with Crippen LogP contribution in [0.1, 0.15) is 32.1 Å². The summed E-state index contributed by atoms with van der Waals surface area (Å²) in [7, 11) is 0. The van der Waals surface area contributed by atoms with Gasteiger partial charge in [-0.15, -0.1) is 0 Å². The van der Waals surface area contributed by atoms with E-state index in [9.17, 15) is 13.6 Å². The Morgan fingerprint density at radius 1 is 1.36 bits per heavy atom. The molecule has 0 saturated heterocycles. The van der Waals surface area contributed by atoms with E-state index in [1.54, 1.807) is 0 Å². The zero-order chi connectivity index (χ0) is 10.4. The van der Waals surface area contributed by atoms with Crippen LogP contribution in [-0.4, -0.2) is 26.6 Å². The second-order valence-corrected chi connectivity index (χ2v) is 4.16. The van der Waals surface area contributed by atoms with Gasteiger partial charge in [0, 0.05) is 0 Å².